The number of morpholine rings is 1. The van der Waals surface area contributed by atoms with Crippen LogP contribution < -0.4 is 10.6 Å². The lowest BCUT2D eigenvalue weighted by Gasteiger charge is -2.35. The third-order valence-corrected chi connectivity index (χ3v) is 3.98. The second kappa shape index (κ2) is 9.27. The molecule has 0 aromatic heterocycles. The lowest BCUT2D eigenvalue weighted by molar-refractivity contribution is -0.119. The van der Waals surface area contributed by atoms with Crippen LogP contribution in [0.4, 0.5) is 0 Å². The van der Waals surface area contributed by atoms with Gasteiger partial charge in [0.2, 0.25) is 5.91 Å². The fraction of sp³-hybridized carbons (Fsp3) is 0.556. The van der Waals surface area contributed by atoms with Gasteiger partial charge in [0, 0.05) is 19.6 Å². The maximum absolute atomic E-state index is 11.7. The van der Waals surface area contributed by atoms with Gasteiger partial charge >= 0.3 is 0 Å². The van der Waals surface area contributed by atoms with Crippen LogP contribution in [0, 0.1) is 6.92 Å². The van der Waals surface area contributed by atoms with Gasteiger partial charge in [0.15, 0.2) is 5.96 Å². The zero-order valence-corrected chi connectivity index (χ0v) is 14.8. The molecule has 6 nitrogen and oxygen atoms in total. The van der Waals surface area contributed by atoms with Crippen molar-refractivity contribution < 1.29 is 9.53 Å². The molecule has 1 unspecified atom stereocenters. The van der Waals surface area contributed by atoms with E-state index in [0.717, 1.165) is 25.6 Å². The van der Waals surface area contributed by atoms with Crippen LogP contribution in [0.25, 0.3) is 0 Å². The van der Waals surface area contributed by atoms with Gasteiger partial charge in [-0.3, -0.25) is 4.79 Å². The van der Waals surface area contributed by atoms with Crippen molar-refractivity contribution in [1.82, 2.24) is 15.5 Å². The first kappa shape index (κ1) is 18.3. The van der Waals surface area contributed by atoms with Gasteiger partial charge in [0.25, 0.3) is 0 Å². The molecule has 1 aliphatic heterocycles. The molecule has 132 valence electrons. The molecule has 0 aliphatic carbocycles. The first-order valence-electron chi connectivity index (χ1n) is 8.62. The van der Waals surface area contributed by atoms with Crippen molar-refractivity contribution in [3.05, 3.63) is 35.4 Å². The number of likely N-dealkylation sites (N-methyl/N-ethyl adjacent to an activating group) is 1. The average molecular weight is 332 g/mol. The Morgan fingerprint density at radius 1 is 1.29 bits per heavy atom. The van der Waals surface area contributed by atoms with Crippen molar-refractivity contribution in [2.75, 3.05) is 39.3 Å². The molecule has 1 atom stereocenters. The number of ether oxygens (including phenoxy) is 1. The van der Waals surface area contributed by atoms with Crippen molar-refractivity contribution in [2.45, 2.75) is 26.9 Å². The Kier molecular flexibility index (Phi) is 7.06. The number of nitrogens with zero attached hydrogens (tertiary/aromatic N) is 2. The van der Waals surface area contributed by atoms with Gasteiger partial charge in [-0.2, -0.15) is 0 Å². The lowest BCUT2D eigenvalue weighted by atomic mass is 10.0. The van der Waals surface area contributed by atoms with Gasteiger partial charge in [-0.1, -0.05) is 24.3 Å². The van der Waals surface area contributed by atoms with Gasteiger partial charge in [-0.25, -0.2) is 4.99 Å². The molecule has 0 saturated carbocycles. The Morgan fingerprint density at radius 2 is 2.04 bits per heavy atom. The summed E-state index contributed by atoms with van der Waals surface area (Å²) in [7, 11) is 0. The number of benzene rings is 1. The van der Waals surface area contributed by atoms with E-state index in [1.807, 2.05) is 26.0 Å². The zero-order chi connectivity index (χ0) is 17.4. The molecule has 1 aromatic carbocycles. The van der Waals surface area contributed by atoms with E-state index in [9.17, 15) is 4.79 Å². The number of carbonyl (C=O) groups is 1. The molecule has 0 radical (unpaired) electrons. The van der Waals surface area contributed by atoms with Crippen molar-refractivity contribution in [3.8, 4) is 0 Å². The number of rotatable bonds is 5. The number of guanidine groups is 1. The molecular formula is C18H28N4O2. The van der Waals surface area contributed by atoms with Crippen molar-refractivity contribution in [1.29, 1.82) is 0 Å². The molecule has 1 fully saturated rings. The molecule has 0 bridgehead atoms. The summed E-state index contributed by atoms with van der Waals surface area (Å²) in [5.41, 5.74) is 2.44. The first-order valence-corrected chi connectivity index (χ1v) is 8.62. The molecule has 0 spiro atoms. The van der Waals surface area contributed by atoms with Gasteiger partial charge in [0.1, 0.15) is 12.6 Å². The van der Waals surface area contributed by atoms with Crippen LogP contribution in [0.1, 0.15) is 31.1 Å². The zero-order valence-electron chi connectivity index (χ0n) is 14.8. The van der Waals surface area contributed by atoms with Crippen LogP contribution in [0.3, 0.4) is 0 Å². The summed E-state index contributed by atoms with van der Waals surface area (Å²) in [5, 5.41) is 6.05. The van der Waals surface area contributed by atoms with E-state index >= 15 is 0 Å². The second-order valence-electron chi connectivity index (χ2n) is 5.79. The Labute approximate surface area is 144 Å². The summed E-state index contributed by atoms with van der Waals surface area (Å²) >= 11 is 0. The molecule has 1 amide bonds. The van der Waals surface area contributed by atoms with E-state index in [4.69, 9.17) is 4.74 Å². The predicted molar refractivity (Wildman–Crippen MR) is 96.1 cm³/mol. The quantitative estimate of drug-likeness (QED) is 0.633. The fourth-order valence-electron chi connectivity index (χ4n) is 2.80. The number of hydrogen-bond acceptors (Lipinski definition) is 3. The van der Waals surface area contributed by atoms with E-state index < -0.39 is 0 Å². The SMILES string of the molecule is CCNC(=O)CN=C(NCC)N1CCOC(c2ccccc2C)C1. The van der Waals surface area contributed by atoms with E-state index in [-0.39, 0.29) is 18.6 Å². The van der Waals surface area contributed by atoms with Gasteiger partial charge in [-0.15, -0.1) is 0 Å². The number of nitrogens with one attached hydrogen (secondary N) is 2. The van der Waals surface area contributed by atoms with E-state index in [1.165, 1.54) is 11.1 Å². The smallest absolute Gasteiger partial charge is 0.241 e. The van der Waals surface area contributed by atoms with Gasteiger partial charge in [-0.05, 0) is 31.9 Å². The molecule has 6 heteroatoms. The third-order valence-electron chi connectivity index (χ3n) is 3.98. The molecular weight excluding hydrogens is 304 g/mol. The highest BCUT2D eigenvalue weighted by molar-refractivity contribution is 5.85. The topological polar surface area (TPSA) is 66.0 Å². The minimum Gasteiger partial charge on any atom is -0.370 e. The Balaban J connectivity index is 2.08. The van der Waals surface area contributed by atoms with E-state index in [0.29, 0.717) is 13.2 Å². The van der Waals surface area contributed by atoms with E-state index in [1.54, 1.807) is 0 Å². The maximum Gasteiger partial charge on any atom is 0.241 e. The minimum absolute atomic E-state index is 0.0216. The lowest BCUT2D eigenvalue weighted by Crippen LogP contribution is -2.48. The van der Waals surface area contributed by atoms with Gasteiger partial charge in [0.05, 0.1) is 13.2 Å². The monoisotopic (exact) mass is 332 g/mol. The van der Waals surface area contributed by atoms with Crippen LogP contribution in [0.5, 0.6) is 0 Å². The van der Waals surface area contributed by atoms with Crippen LogP contribution in [0.15, 0.2) is 29.3 Å². The highest BCUT2D eigenvalue weighted by Gasteiger charge is 2.25. The molecule has 1 saturated heterocycles. The summed E-state index contributed by atoms with van der Waals surface area (Å²) in [5.74, 6) is 0.710. The summed E-state index contributed by atoms with van der Waals surface area (Å²) < 4.78 is 5.96. The Morgan fingerprint density at radius 3 is 2.75 bits per heavy atom. The second-order valence-corrected chi connectivity index (χ2v) is 5.79. The standard InChI is InChI=1S/C18H28N4O2/c1-4-19-17(23)12-21-18(20-5-2)22-10-11-24-16(13-22)15-9-7-6-8-14(15)3/h6-9,16H,4-5,10-13H2,1-3H3,(H,19,23)(H,20,21). The number of aliphatic imine (C=N–C) groups is 1. The maximum atomic E-state index is 11.7. The first-order chi connectivity index (χ1) is 11.7. The number of carbonyl (C=O) groups excluding carboxylic acids is 1. The number of aryl methyl sites for hydroxylation is 1. The summed E-state index contributed by atoms with van der Waals surface area (Å²) in [6.07, 6.45) is 0.0216. The molecule has 1 aromatic rings. The molecule has 1 heterocycles. The predicted octanol–water partition coefficient (Wildman–Crippen LogP) is 1.47. The Bertz CT molecular complexity index is 574. The summed E-state index contributed by atoms with van der Waals surface area (Å²) in [6, 6.07) is 8.30. The third kappa shape index (κ3) is 4.96. The molecule has 1 aliphatic rings. The summed E-state index contributed by atoms with van der Waals surface area (Å²) in [6.45, 7) is 9.70. The number of amides is 1. The van der Waals surface area contributed by atoms with Crippen LogP contribution in [-0.2, 0) is 9.53 Å². The Hall–Kier alpha value is -2.08. The normalized spacial score (nSPS) is 18.4. The van der Waals surface area contributed by atoms with Crippen molar-refractivity contribution >= 4 is 11.9 Å². The van der Waals surface area contributed by atoms with Crippen LogP contribution in [0.2, 0.25) is 0 Å². The molecule has 24 heavy (non-hydrogen) atoms. The van der Waals surface area contributed by atoms with Crippen molar-refractivity contribution in [3.63, 3.8) is 0 Å². The van der Waals surface area contributed by atoms with Gasteiger partial charge < -0.3 is 20.3 Å². The highest BCUT2D eigenvalue weighted by atomic mass is 16.5. The highest BCUT2D eigenvalue weighted by Crippen LogP contribution is 2.24. The average Bonchev–Trinajstić information content (AvgIpc) is 2.59. The fourth-order valence-corrected chi connectivity index (χ4v) is 2.80. The van der Waals surface area contributed by atoms with E-state index in [2.05, 4.69) is 39.6 Å². The van der Waals surface area contributed by atoms with Crippen LogP contribution >= 0.6 is 0 Å². The van der Waals surface area contributed by atoms with Crippen molar-refractivity contribution in [2.24, 2.45) is 4.99 Å². The largest absolute Gasteiger partial charge is 0.370 e. The molecule has 2 rings (SSSR count). The minimum atomic E-state index is -0.0587. The van der Waals surface area contributed by atoms with Crippen LogP contribution in [-0.4, -0.2) is 56.1 Å². The summed E-state index contributed by atoms with van der Waals surface area (Å²) in [4.78, 5) is 18.3. The number of hydrogen-bond donors (Lipinski definition) is 2. The molecule has 2 N–H and O–H groups in total.